The Morgan fingerprint density at radius 3 is 1.00 bits per heavy atom. The maximum atomic E-state index is 2.77. The summed E-state index contributed by atoms with van der Waals surface area (Å²) in [5.41, 5.74) is 0. The van der Waals surface area contributed by atoms with Crippen molar-refractivity contribution in [2.45, 2.75) is 162 Å². The quantitative estimate of drug-likeness (QED) is 0.0691. The highest BCUT2D eigenvalue weighted by atomic mass is 32.2. The molecule has 0 atom stereocenters. The number of hydrogen-bond donors (Lipinski definition) is 0. The maximum absolute atomic E-state index is 2.77. The first-order valence-corrected chi connectivity index (χ1v) is 20.0. The second-order valence-corrected chi connectivity index (χ2v) is 14.7. The Morgan fingerprint density at radius 2 is 0.641 bits per heavy atom. The molecule has 0 aromatic carbocycles. The van der Waals surface area contributed by atoms with E-state index in [1.165, 1.54) is 197 Å². The Labute approximate surface area is 257 Å². The van der Waals surface area contributed by atoms with Crippen LogP contribution in [0, 0.1) is 0 Å². The molecule has 0 rings (SSSR count). The van der Waals surface area contributed by atoms with Crippen LogP contribution in [0.4, 0.5) is 0 Å². The van der Waals surface area contributed by atoms with Gasteiger partial charge in [-0.1, -0.05) is 129 Å². The number of unbranched alkanes of at least 4 members (excludes halogenated alkanes) is 18. The van der Waals surface area contributed by atoms with E-state index in [-0.39, 0.29) is 0 Å². The van der Waals surface area contributed by atoms with Crippen molar-refractivity contribution in [2.24, 2.45) is 0 Å². The van der Waals surface area contributed by atoms with E-state index in [1.807, 2.05) is 0 Å². The average molecular weight is 587 g/mol. The molecule has 0 amide bonds. The zero-order chi connectivity index (χ0) is 28.5. The molecule has 236 valence electrons. The number of nitrogens with zero attached hydrogens (tertiary/aromatic N) is 2. The Balaban J connectivity index is 3.64. The largest absolute Gasteiger partial charge is 0.309 e. The molecule has 2 nitrogen and oxygen atoms in total. The van der Waals surface area contributed by atoms with Crippen molar-refractivity contribution in [1.82, 2.24) is 9.80 Å². The summed E-state index contributed by atoms with van der Waals surface area (Å²) in [4.78, 5) is 5.11. The van der Waals surface area contributed by atoms with Crippen molar-refractivity contribution in [3.8, 4) is 0 Å². The first kappa shape index (κ1) is 39.6. The number of rotatable bonds is 34. The van der Waals surface area contributed by atoms with Gasteiger partial charge in [0, 0.05) is 0 Å². The summed E-state index contributed by atoms with van der Waals surface area (Å²) in [6.07, 6.45) is 33.0. The van der Waals surface area contributed by atoms with Crippen LogP contribution in [0.3, 0.4) is 0 Å². The highest BCUT2D eigenvalue weighted by Crippen LogP contribution is 2.15. The van der Waals surface area contributed by atoms with Crippen molar-refractivity contribution >= 4 is 23.5 Å². The summed E-state index contributed by atoms with van der Waals surface area (Å²) in [5, 5.41) is 0. The van der Waals surface area contributed by atoms with E-state index < -0.39 is 0 Å². The lowest BCUT2D eigenvalue weighted by Crippen LogP contribution is -2.30. The van der Waals surface area contributed by atoms with Gasteiger partial charge in [-0.05, 0) is 95.4 Å². The van der Waals surface area contributed by atoms with Gasteiger partial charge in [-0.2, -0.15) is 23.5 Å². The number of hydrogen-bond acceptors (Lipinski definition) is 4. The molecule has 0 aromatic heterocycles. The van der Waals surface area contributed by atoms with Gasteiger partial charge >= 0.3 is 0 Å². The van der Waals surface area contributed by atoms with Crippen molar-refractivity contribution < 1.29 is 0 Å². The fourth-order valence-corrected chi connectivity index (χ4v) is 7.20. The minimum absolute atomic E-state index is 1.22. The van der Waals surface area contributed by atoms with Gasteiger partial charge in [0.25, 0.3) is 0 Å². The van der Waals surface area contributed by atoms with Crippen LogP contribution in [0.5, 0.6) is 0 Å². The molecular formula is C35H74N2S2. The van der Waals surface area contributed by atoms with Crippen LogP contribution in [-0.4, -0.2) is 73.1 Å². The third-order valence-electron chi connectivity index (χ3n) is 7.89. The average Bonchev–Trinajstić information content (AvgIpc) is 2.92. The van der Waals surface area contributed by atoms with Crippen LogP contribution < -0.4 is 0 Å². The van der Waals surface area contributed by atoms with Crippen LogP contribution in [-0.2, 0) is 0 Å². The zero-order valence-electron chi connectivity index (χ0n) is 27.6. The molecule has 0 aliphatic rings. The Hall–Kier alpha value is 0.620. The first-order valence-electron chi connectivity index (χ1n) is 17.7. The summed E-state index contributed by atoms with van der Waals surface area (Å²) < 4.78 is 0. The molecule has 0 heterocycles. The molecule has 0 N–H and O–H groups in total. The van der Waals surface area contributed by atoms with Gasteiger partial charge in [-0.25, -0.2) is 0 Å². The summed E-state index contributed by atoms with van der Waals surface area (Å²) >= 11 is 4.42. The molecule has 0 radical (unpaired) electrons. The Morgan fingerprint density at radius 1 is 0.333 bits per heavy atom. The molecule has 0 spiro atoms. The second-order valence-electron chi connectivity index (χ2n) is 12.3. The first-order chi connectivity index (χ1) is 19.2. The van der Waals surface area contributed by atoms with Crippen LogP contribution in [0.15, 0.2) is 0 Å². The molecule has 39 heavy (non-hydrogen) atoms. The molecule has 0 saturated carbocycles. The van der Waals surface area contributed by atoms with Crippen molar-refractivity contribution in [2.75, 3.05) is 63.3 Å². The summed E-state index contributed by atoms with van der Waals surface area (Å²) in [6, 6.07) is 0. The normalized spacial score (nSPS) is 11.8. The molecule has 0 bridgehead atoms. The molecule has 0 fully saturated rings. The lowest BCUT2D eigenvalue weighted by molar-refractivity contribution is 0.257. The van der Waals surface area contributed by atoms with Gasteiger partial charge in [0.05, 0.1) is 0 Å². The van der Waals surface area contributed by atoms with E-state index in [9.17, 15) is 0 Å². The van der Waals surface area contributed by atoms with E-state index in [0.29, 0.717) is 0 Å². The van der Waals surface area contributed by atoms with Gasteiger partial charge in [-0.3, -0.25) is 0 Å². The Kier molecular flexibility index (Phi) is 35.4. The van der Waals surface area contributed by atoms with Gasteiger partial charge in [0.15, 0.2) is 0 Å². The smallest absolute Gasteiger partial charge is 0.000654 e. The van der Waals surface area contributed by atoms with Crippen molar-refractivity contribution in [1.29, 1.82) is 0 Å². The molecule has 0 aromatic rings. The third kappa shape index (κ3) is 34.7. The minimum Gasteiger partial charge on any atom is -0.309 e. The SMILES string of the molecule is CCCCCCCCCCCCSCCCN(CCCSCCCCCCCCCCCC)CCCN(C)C. The van der Waals surface area contributed by atoms with E-state index in [0.717, 1.165) is 0 Å². The second kappa shape index (κ2) is 34.8. The summed E-state index contributed by atoms with van der Waals surface area (Å²) in [5.74, 6) is 5.48. The predicted molar refractivity (Wildman–Crippen MR) is 187 cm³/mol. The van der Waals surface area contributed by atoms with Crippen molar-refractivity contribution in [3.05, 3.63) is 0 Å². The van der Waals surface area contributed by atoms with Gasteiger partial charge in [-0.15, -0.1) is 0 Å². The van der Waals surface area contributed by atoms with Crippen molar-refractivity contribution in [3.63, 3.8) is 0 Å². The minimum atomic E-state index is 1.22. The van der Waals surface area contributed by atoms with Gasteiger partial charge < -0.3 is 9.80 Å². The maximum Gasteiger partial charge on any atom is -0.000654 e. The zero-order valence-corrected chi connectivity index (χ0v) is 29.3. The standard InChI is InChI=1S/C35H74N2S2/c1-5-7-9-11-13-15-17-19-21-23-32-38-34-26-30-37(29-25-28-36(3)4)31-27-35-39-33-24-22-20-18-16-14-12-10-8-6-2/h5-35H2,1-4H3. The fourth-order valence-electron chi connectivity index (χ4n) is 5.31. The molecule has 0 aliphatic heterocycles. The highest BCUT2D eigenvalue weighted by molar-refractivity contribution is 7.99. The Bertz CT molecular complexity index is 401. The molecule has 0 aliphatic carbocycles. The summed E-state index contributed by atoms with van der Waals surface area (Å²) in [6.45, 7) is 9.73. The van der Waals surface area contributed by atoms with Crippen LogP contribution >= 0.6 is 23.5 Å². The molecular weight excluding hydrogens is 513 g/mol. The highest BCUT2D eigenvalue weighted by Gasteiger charge is 2.06. The van der Waals surface area contributed by atoms with Gasteiger partial charge in [0.2, 0.25) is 0 Å². The van der Waals surface area contributed by atoms with E-state index >= 15 is 0 Å². The topological polar surface area (TPSA) is 6.48 Å². The lowest BCUT2D eigenvalue weighted by atomic mass is 10.1. The molecule has 0 saturated heterocycles. The fraction of sp³-hybridized carbons (Fsp3) is 1.00. The lowest BCUT2D eigenvalue weighted by Gasteiger charge is -2.23. The number of thioether (sulfide) groups is 2. The van der Waals surface area contributed by atoms with Gasteiger partial charge in [0.1, 0.15) is 0 Å². The third-order valence-corrected chi connectivity index (χ3v) is 10.2. The van der Waals surface area contributed by atoms with E-state index in [2.05, 4.69) is 61.3 Å². The predicted octanol–water partition coefficient (Wildman–Crippen LogP) is 11.3. The monoisotopic (exact) mass is 587 g/mol. The van der Waals surface area contributed by atoms with Crippen LogP contribution in [0.25, 0.3) is 0 Å². The molecule has 4 heteroatoms. The van der Waals surface area contributed by atoms with E-state index in [4.69, 9.17) is 0 Å². The van der Waals surface area contributed by atoms with Crippen LogP contribution in [0.2, 0.25) is 0 Å². The molecule has 0 unspecified atom stereocenters. The van der Waals surface area contributed by atoms with E-state index in [1.54, 1.807) is 0 Å². The summed E-state index contributed by atoms with van der Waals surface area (Å²) in [7, 11) is 4.41. The van der Waals surface area contributed by atoms with Crippen LogP contribution in [0.1, 0.15) is 162 Å².